The molecule has 1 aromatic carbocycles. The second-order valence-corrected chi connectivity index (χ2v) is 3.22. The average molecular weight is 209 g/mol. The van der Waals surface area contributed by atoms with Gasteiger partial charge < -0.3 is 0 Å². The van der Waals surface area contributed by atoms with E-state index in [1.165, 1.54) is 12.1 Å². The van der Waals surface area contributed by atoms with Crippen molar-refractivity contribution in [3.05, 3.63) is 35.4 Å². The van der Waals surface area contributed by atoms with E-state index in [0.29, 0.717) is 12.1 Å². The Labute approximate surface area is 88.5 Å². The lowest BCUT2D eigenvalue weighted by Crippen LogP contribution is -2.21. The zero-order chi connectivity index (χ0) is 11.3. The third-order valence-electron chi connectivity index (χ3n) is 2.04. The summed E-state index contributed by atoms with van der Waals surface area (Å²) >= 11 is 0. The van der Waals surface area contributed by atoms with Gasteiger partial charge in [-0.2, -0.15) is 0 Å². The average Bonchev–Trinajstić information content (AvgIpc) is 2.21. The predicted molar refractivity (Wildman–Crippen MR) is 56.2 cm³/mol. The van der Waals surface area contributed by atoms with Crippen LogP contribution in [0.5, 0.6) is 0 Å². The van der Waals surface area contributed by atoms with Crippen LogP contribution in [0.4, 0.5) is 8.78 Å². The highest BCUT2D eigenvalue weighted by Gasteiger charge is 2.12. The third kappa shape index (κ3) is 3.03. The van der Waals surface area contributed by atoms with E-state index < -0.39 is 17.7 Å². The van der Waals surface area contributed by atoms with Crippen LogP contribution in [-0.2, 0) is 0 Å². The van der Waals surface area contributed by atoms with Crippen molar-refractivity contribution in [2.45, 2.75) is 19.4 Å². The van der Waals surface area contributed by atoms with Gasteiger partial charge >= 0.3 is 0 Å². The normalized spacial score (nSPS) is 12.1. The van der Waals surface area contributed by atoms with Crippen molar-refractivity contribution in [2.24, 2.45) is 0 Å². The first kappa shape index (κ1) is 11.7. The van der Waals surface area contributed by atoms with Gasteiger partial charge in [0.1, 0.15) is 11.6 Å². The van der Waals surface area contributed by atoms with Gasteiger partial charge in [0.15, 0.2) is 0 Å². The molecule has 1 N–H and O–H groups in total. The highest BCUT2D eigenvalue weighted by Crippen LogP contribution is 2.17. The van der Waals surface area contributed by atoms with E-state index in [1.807, 2.05) is 6.92 Å². The lowest BCUT2D eigenvalue weighted by atomic mass is 10.1. The number of rotatable bonds is 4. The van der Waals surface area contributed by atoms with E-state index in [9.17, 15) is 8.78 Å². The van der Waals surface area contributed by atoms with Gasteiger partial charge in [-0.15, -0.1) is 6.42 Å². The van der Waals surface area contributed by atoms with Crippen LogP contribution >= 0.6 is 0 Å². The van der Waals surface area contributed by atoms with E-state index >= 15 is 0 Å². The highest BCUT2D eigenvalue weighted by atomic mass is 19.1. The summed E-state index contributed by atoms with van der Waals surface area (Å²) in [6, 6.07) is 2.92. The van der Waals surface area contributed by atoms with E-state index in [2.05, 4.69) is 11.2 Å². The van der Waals surface area contributed by atoms with Gasteiger partial charge in [0.2, 0.25) is 0 Å². The molecule has 1 aromatic rings. The summed E-state index contributed by atoms with van der Waals surface area (Å²) in [5.41, 5.74) is 0.312. The largest absolute Gasteiger partial charge is 0.300 e. The first-order chi connectivity index (χ1) is 7.19. The maximum Gasteiger partial charge on any atom is 0.131 e. The van der Waals surface area contributed by atoms with Gasteiger partial charge in [0.05, 0.1) is 6.04 Å². The molecule has 0 spiro atoms. The van der Waals surface area contributed by atoms with Crippen molar-refractivity contribution in [1.29, 1.82) is 0 Å². The fraction of sp³-hybridized carbons (Fsp3) is 0.333. The first-order valence-corrected chi connectivity index (χ1v) is 4.83. The molecule has 1 nitrogen and oxygen atoms in total. The fourth-order valence-corrected chi connectivity index (χ4v) is 1.28. The van der Waals surface area contributed by atoms with Crippen molar-refractivity contribution in [2.75, 3.05) is 6.54 Å². The molecule has 3 heteroatoms. The van der Waals surface area contributed by atoms with Crippen molar-refractivity contribution in [1.82, 2.24) is 5.32 Å². The molecule has 0 fully saturated rings. The molecule has 0 bridgehead atoms. The molecule has 1 unspecified atom stereocenters. The van der Waals surface area contributed by atoms with E-state index in [4.69, 9.17) is 6.42 Å². The summed E-state index contributed by atoms with van der Waals surface area (Å²) in [5, 5.41) is 3.00. The molecule has 0 radical (unpaired) electrons. The van der Waals surface area contributed by atoms with Crippen LogP contribution in [0.15, 0.2) is 18.2 Å². The summed E-state index contributed by atoms with van der Waals surface area (Å²) in [5.74, 6) is 1.24. The van der Waals surface area contributed by atoms with Crippen LogP contribution < -0.4 is 5.32 Å². The second-order valence-electron chi connectivity index (χ2n) is 3.22. The Morgan fingerprint density at radius 1 is 1.47 bits per heavy atom. The maximum absolute atomic E-state index is 13.3. The monoisotopic (exact) mass is 209 g/mol. The van der Waals surface area contributed by atoms with E-state index in [-0.39, 0.29) is 0 Å². The zero-order valence-corrected chi connectivity index (χ0v) is 8.56. The van der Waals surface area contributed by atoms with Crippen LogP contribution in [0.25, 0.3) is 0 Å². The van der Waals surface area contributed by atoms with Gasteiger partial charge in [-0.25, -0.2) is 8.78 Å². The molecule has 0 amide bonds. The molecular weight excluding hydrogens is 196 g/mol. The number of benzene rings is 1. The van der Waals surface area contributed by atoms with Crippen molar-refractivity contribution >= 4 is 0 Å². The standard InChI is InChI=1S/C12H13F2N/c1-3-7-15-12(4-2)10-6-5-9(13)8-11(10)14/h2,5-6,8,12,15H,3,7H2,1H3. The summed E-state index contributed by atoms with van der Waals surface area (Å²) in [6.45, 7) is 2.69. The molecule has 80 valence electrons. The minimum absolute atomic E-state index is 0.312. The van der Waals surface area contributed by atoms with Crippen LogP contribution in [-0.4, -0.2) is 6.54 Å². The molecule has 0 saturated carbocycles. The number of halogens is 2. The number of nitrogens with one attached hydrogen (secondary N) is 1. The Morgan fingerprint density at radius 3 is 2.73 bits per heavy atom. The Kier molecular flexibility index (Phi) is 4.26. The lowest BCUT2D eigenvalue weighted by Gasteiger charge is -2.13. The minimum Gasteiger partial charge on any atom is -0.300 e. The van der Waals surface area contributed by atoms with Crippen LogP contribution in [0.1, 0.15) is 24.9 Å². The van der Waals surface area contributed by atoms with Gasteiger partial charge in [-0.05, 0) is 19.0 Å². The van der Waals surface area contributed by atoms with Gasteiger partial charge in [0.25, 0.3) is 0 Å². The number of hydrogen-bond donors (Lipinski definition) is 1. The molecule has 1 atom stereocenters. The SMILES string of the molecule is C#CC(NCCC)c1ccc(F)cc1F. The third-order valence-corrected chi connectivity index (χ3v) is 2.04. The Balaban J connectivity index is 2.88. The number of hydrogen-bond acceptors (Lipinski definition) is 1. The highest BCUT2D eigenvalue weighted by molar-refractivity contribution is 5.27. The predicted octanol–water partition coefficient (Wildman–Crippen LogP) is 2.64. The van der Waals surface area contributed by atoms with Gasteiger partial charge in [0, 0.05) is 11.6 Å². The molecule has 15 heavy (non-hydrogen) atoms. The number of terminal acetylenes is 1. The van der Waals surface area contributed by atoms with Crippen LogP contribution in [0, 0.1) is 24.0 Å². The molecule has 0 aliphatic heterocycles. The van der Waals surface area contributed by atoms with Crippen molar-refractivity contribution < 1.29 is 8.78 Å². The smallest absolute Gasteiger partial charge is 0.131 e. The van der Waals surface area contributed by atoms with Crippen molar-refractivity contribution in [3.63, 3.8) is 0 Å². The Hall–Kier alpha value is -1.40. The van der Waals surface area contributed by atoms with E-state index in [0.717, 1.165) is 12.5 Å². The maximum atomic E-state index is 13.3. The summed E-state index contributed by atoms with van der Waals surface area (Å²) in [4.78, 5) is 0. The summed E-state index contributed by atoms with van der Waals surface area (Å²) in [6.07, 6.45) is 6.18. The molecule has 1 rings (SSSR count). The van der Waals surface area contributed by atoms with Crippen molar-refractivity contribution in [3.8, 4) is 12.3 Å². The molecule has 0 saturated heterocycles. The molecule has 0 aliphatic rings. The lowest BCUT2D eigenvalue weighted by molar-refractivity contribution is 0.544. The fourth-order valence-electron chi connectivity index (χ4n) is 1.28. The quantitative estimate of drug-likeness (QED) is 0.752. The summed E-state index contributed by atoms with van der Waals surface area (Å²) < 4.78 is 26.0. The molecular formula is C12H13F2N. The van der Waals surface area contributed by atoms with Gasteiger partial charge in [-0.3, -0.25) is 5.32 Å². The molecule has 0 heterocycles. The summed E-state index contributed by atoms with van der Waals surface area (Å²) in [7, 11) is 0. The van der Waals surface area contributed by atoms with Crippen LogP contribution in [0.2, 0.25) is 0 Å². The van der Waals surface area contributed by atoms with Crippen LogP contribution in [0.3, 0.4) is 0 Å². The zero-order valence-electron chi connectivity index (χ0n) is 8.56. The molecule has 0 aliphatic carbocycles. The second kappa shape index (κ2) is 5.47. The Bertz CT molecular complexity index is 368. The van der Waals surface area contributed by atoms with E-state index in [1.54, 1.807) is 0 Å². The van der Waals surface area contributed by atoms with Gasteiger partial charge in [-0.1, -0.05) is 18.9 Å². The Morgan fingerprint density at radius 2 is 2.20 bits per heavy atom. The molecule has 0 aromatic heterocycles. The topological polar surface area (TPSA) is 12.0 Å². The first-order valence-electron chi connectivity index (χ1n) is 4.83. The minimum atomic E-state index is -0.610.